The van der Waals surface area contributed by atoms with E-state index >= 15 is 0 Å². The lowest BCUT2D eigenvalue weighted by Crippen LogP contribution is -2.31. The van der Waals surface area contributed by atoms with Crippen LogP contribution in [0, 0.1) is 13.8 Å². The van der Waals surface area contributed by atoms with Gasteiger partial charge in [0.25, 0.3) is 5.91 Å². The Morgan fingerprint density at radius 1 is 0.913 bits per heavy atom. The predicted molar refractivity (Wildman–Crippen MR) is 192 cm³/mol. The number of nitrogens with zero attached hydrogens (tertiary/aromatic N) is 1. The smallest absolute Gasteiger partial charge is 0.313 e. The van der Waals surface area contributed by atoms with Gasteiger partial charge in [0.2, 0.25) is 0 Å². The van der Waals surface area contributed by atoms with Crippen molar-refractivity contribution in [3.8, 4) is 0 Å². The van der Waals surface area contributed by atoms with E-state index in [1.165, 1.54) is 27.8 Å². The number of carboxylic acid groups (broad SMARTS) is 1. The number of hydrogen-bond acceptors (Lipinski definition) is 5. The van der Waals surface area contributed by atoms with Crippen molar-refractivity contribution >= 4 is 52.2 Å². The molecule has 0 aromatic heterocycles. The molecule has 7 heteroatoms. The fraction of sp³-hybridized carbons (Fsp3) is 0.205. The number of thioether (sulfide) groups is 1. The van der Waals surface area contributed by atoms with Gasteiger partial charge in [0.05, 0.1) is 11.3 Å². The molecular weight excluding hydrogens is 591 g/mol. The minimum absolute atomic E-state index is 0.161. The van der Waals surface area contributed by atoms with Crippen LogP contribution in [0.1, 0.15) is 65.6 Å². The Hall–Kier alpha value is -4.88. The number of anilines is 1. The first kappa shape index (κ1) is 32.5. The van der Waals surface area contributed by atoms with Crippen LogP contribution >= 0.6 is 11.8 Å². The molecule has 0 aliphatic carbocycles. The molecule has 4 aromatic carbocycles. The summed E-state index contributed by atoms with van der Waals surface area (Å²) in [6.45, 7) is 8.69. The number of aryl methyl sites for hydroxylation is 2. The monoisotopic (exact) mass is 629 g/mol. The zero-order chi connectivity index (χ0) is 32.7. The summed E-state index contributed by atoms with van der Waals surface area (Å²) in [4.78, 5) is 27.4. The highest BCUT2D eigenvalue weighted by atomic mass is 32.2. The summed E-state index contributed by atoms with van der Waals surface area (Å²) in [5.41, 5.74) is 10.2. The van der Waals surface area contributed by atoms with Gasteiger partial charge in [-0.1, -0.05) is 110 Å². The van der Waals surface area contributed by atoms with Crippen molar-refractivity contribution in [2.45, 2.75) is 46.1 Å². The standard InChI is InChI=1S/C39H39N3O3S/c1-5-21-39(4,32-17-12-29(13-18-32)24-35-37(45)41-38(40-35)46-25-36(43)44)42-33-19-14-28(15-20-33)23-34(30-9-7-6-8-10-30)31-16-11-26(2)27(3)22-31/h6-20,22-24,42H,5,21,25H2,1-4H3,(H,43,44)(H,40,41,45)/b34-23+,35-24-. The molecule has 0 fully saturated rings. The molecule has 1 heterocycles. The second-order valence-corrected chi connectivity index (χ2v) is 12.7. The highest BCUT2D eigenvalue weighted by Gasteiger charge is 2.26. The largest absolute Gasteiger partial charge is 0.481 e. The Labute approximate surface area is 275 Å². The molecule has 5 rings (SSSR count). The quantitative estimate of drug-likeness (QED) is 0.114. The van der Waals surface area contributed by atoms with Gasteiger partial charge in [-0.25, -0.2) is 4.99 Å². The normalized spacial score (nSPS) is 15.3. The SMILES string of the molecule is CCCC(C)(Nc1ccc(/C=C(\c2ccccc2)c2ccc(C)c(C)c2)cc1)c1ccc(/C=C2\N=C(SCC(=O)O)NC2=O)cc1. The number of amides is 1. The van der Waals surface area contributed by atoms with Crippen LogP contribution in [0.25, 0.3) is 17.7 Å². The number of carbonyl (C=O) groups is 2. The number of nitrogens with one attached hydrogen (secondary N) is 2. The summed E-state index contributed by atoms with van der Waals surface area (Å²) in [7, 11) is 0. The van der Waals surface area contributed by atoms with E-state index in [1.54, 1.807) is 6.08 Å². The first-order valence-electron chi connectivity index (χ1n) is 15.4. The Bertz CT molecular complexity index is 1810. The number of rotatable bonds is 11. The average molecular weight is 630 g/mol. The highest BCUT2D eigenvalue weighted by molar-refractivity contribution is 8.14. The molecule has 4 aromatic rings. The maximum atomic E-state index is 12.3. The molecule has 6 nitrogen and oxygen atoms in total. The van der Waals surface area contributed by atoms with Crippen molar-refractivity contribution in [2.24, 2.45) is 4.99 Å². The molecule has 1 amide bonds. The first-order valence-corrected chi connectivity index (χ1v) is 16.4. The van der Waals surface area contributed by atoms with Gasteiger partial charge in [0.15, 0.2) is 5.17 Å². The van der Waals surface area contributed by atoms with Crippen molar-refractivity contribution in [2.75, 3.05) is 11.1 Å². The first-order chi connectivity index (χ1) is 22.1. The lowest BCUT2D eigenvalue weighted by atomic mass is 9.86. The fourth-order valence-corrected chi connectivity index (χ4v) is 6.13. The molecule has 1 atom stereocenters. The van der Waals surface area contributed by atoms with E-state index in [0.29, 0.717) is 5.17 Å². The molecule has 0 spiro atoms. The van der Waals surface area contributed by atoms with Crippen LogP contribution in [0.4, 0.5) is 5.69 Å². The molecule has 1 aliphatic rings. The summed E-state index contributed by atoms with van der Waals surface area (Å²) < 4.78 is 0. The van der Waals surface area contributed by atoms with Gasteiger partial charge in [-0.05, 0) is 96.0 Å². The minimum atomic E-state index is -0.961. The zero-order valence-electron chi connectivity index (χ0n) is 26.6. The summed E-state index contributed by atoms with van der Waals surface area (Å²) in [5, 5.41) is 15.6. The number of carboxylic acids is 1. The van der Waals surface area contributed by atoms with Crippen LogP contribution < -0.4 is 10.6 Å². The summed E-state index contributed by atoms with van der Waals surface area (Å²) in [6, 6.07) is 33.9. The van der Waals surface area contributed by atoms with E-state index in [4.69, 9.17) is 5.11 Å². The van der Waals surface area contributed by atoms with Crippen LogP contribution in [0.15, 0.2) is 108 Å². The van der Waals surface area contributed by atoms with E-state index in [0.717, 1.165) is 47.0 Å². The van der Waals surface area contributed by atoms with E-state index in [9.17, 15) is 9.59 Å². The van der Waals surface area contributed by atoms with Gasteiger partial charge in [-0.2, -0.15) is 0 Å². The van der Waals surface area contributed by atoms with Gasteiger partial charge in [0, 0.05) is 5.69 Å². The molecule has 1 unspecified atom stereocenters. The predicted octanol–water partition coefficient (Wildman–Crippen LogP) is 8.66. The molecule has 234 valence electrons. The Kier molecular flexibility index (Phi) is 10.2. The third-order valence-corrected chi connectivity index (χ3v) is 9.01. The van der Waals surface area contributed by atoms with Gasteiger partial charge in [-0.15, -0.1) is 0 Å². The molecule has 1 aliphatic heterocycles. The number of carbonyl (C=O) groups excluding carboxylic acids is 1. The van der Waals surface area contributed by atoms with Crippen molar-refractivity contribution in [1.29, 1.82) is 0 Å². The molecule has 0 bridgehead atoms. The molecule has 0 saturated carbocycles. The van der Waals surface area contributed by atoms with Crippen LogP contribution in [0.2, 0.25) is 0 Å². The van der Waals surface area contributed by atoms with Crippen LogP contribution in [-0.4, -0.2) is 27.9 Å². The van der Waals surface area contributed by atoms with Crippen LogP contribution in [0.5, 0.6) is 0 Å². The van der Waals surface area contributed by atoms with Crippen molar-refractivity contribution in [3.05, 3.63) is 142 Å². The molecule has 3 N–H and O–H groups in total. The van der Waals surface area contributed by atoms with Gasteiger partial charge >= 0.3 is 5.97 Å². The fourth-order valence-electron chi connectivity index (χ4n) is 5.54. The molecule has 0 radical (unpaired) electrons. The van der Waals surface area contributed by atoms with Crippen molar-refractivity contribution in [1.82, 2.24) is 5.32 Å². The minimum Gasteiger partial charge on any atom is -0.481 e. The van der Waals surface area contributed by atoms with Crippen LogP contribution in [-0.2, 0) is 15.1 Å². The maximum absolute atomic E-state index is 12.3. The number of aliphatic carboxylic acids is 1. The number of benzene rings is 4. The van der Waals surface area contributed by atoms with Crippen molar-refractivity contribution < 1.29 is 14.7 Å². The van der Waals surface area contributed by atoms with E-state index in [1.807, 2.05) is 18.2 Å². The van der Waals surface area contributed by atoms with E-state index in [-0.39, 0.29) is 22.9 Å². The van der Waals surface area contributed by atoms with Gasteiger partial charge < -0.3 is 10.4 Å². The highest BCUT2D eigenvalue weighted by Crippen LogP contribution is 2.33. The second-order valence-electron chi connectivity index (χ2n) is 11.8. The number of hydrogen-bond donors (Lipinski definition) is 3. The summed E-state index contributed by atoms with van der Waals surface area (Å²) in [5.74, 6) is -1.46. The Morgan fingerprint density at radius 2 is 1.61 bits per heavy atom. The lowest BCUT2D eigenvalue weighted by molar-refractivity contribution is -0.133. The average Bonchev–Trinajstić information content (AvgIpc) is 3.40. The summed E-state index contributed by atoms with van der Waals surface area (Å²) in [6.07, 6.45) is 5.89. The molecule has 0 saturated heterocycles. The Balaban J connectivity index is 1.35. The molecular formula is C39H39N3O3S. The Morgan fingerprint density at radius 3 is 2.26 bits per heavy atom. The number of amidine groups is 1. The zero-order valence-corrected chi connectivity index (χ0v) is 27.4. The lowest BCUT2D eigenvalue weighted by Gasteiger charge is -2.33. The topological polar surface area (TPSA) is 90.8 Å². The maximum Gasteiger partial charge on any atom is 0.313 e. The summed E-state index contributed by atoms with van der Waals surface area (Å²) >= 11 is 0.991. The third-order valence-electron chi connectivity index (χ3n) is 8.15. The second kappa shape index (κ2) is 14.5. The number of aliphatic imine (C=N–C) groups is 1. The molecule has 46 heavy (non-hydrogen) atoms. The van der Waals surface area contributed by atoms with Crippen molar-refractivity contribution in [3.63, 3.8) is 0 Å². The van der Waals surface area contributed by atoms with Gasteiger partial charge in [-0.3, -0.25) is 14.9 Å². The van der Waals surface area contributed by atoms with Crippen LogP contribution in [0.3, 0.4) is 0 Å². The van der Waals surface area contributed by atoms with Gasteiger partial charge in [0.1, 0.15) is 5.70 Å². The third kappa shape index (κ3) is 8.03. The van der Waals surface area contributed by atoms with E-state index in [2.05, 4.69) is 128 Å². The van der Waals surface area contributed by atoms with E-state index < -0.39 is 5.97 Å².